The molecule has 1 N–H and O–H groups in total. The Morgan fingerprint density at radius 3 is 2.31 bits per heavy atom. The molecule has 2 unspecified atom stereocenters. The molecule has 1 heteroatoms. The second-order valence-electron chi connectivity index (χ2n) is 5.56. The normalized spacial score (nSPS) is 29.6. The van der Waals surface area contributed by atoms with Crippen LogP contribution in [0.1, 0.15) is 37.3 Å². The van der Waals surface area contributed by atoms with Crippen LogP contribution >= 0.6 is 0 Å². The molecule has 0 amide bonds. The highest BCUT2D eigenvalue weighted by atomic mass is 15.0. The molecule has 0 aromatic heterocycles. The lowest BCUT2D eigenvalue weighted by molar-refractivity contribution is 0.376. The van der Waals surface area contributed by atoms with E-state index in [1.54, 1.807) is 11.1 Å². The fourth-order valence-electron chi connectivity index (χ4n) is 3.37. The minimum absolute atomic E-state index is 0.697. The van der Waals surface area contributed by atoms with E-state index in [4.69, 9.17) is 0 Å². The summed E-state index contributed by atoms with van der Waals surface area (Å²) in [5, 5.41) is 3.87. The summed E-state index contributed by atoms with van der Waals surface area (Å²) in [7, 11) is 0. The second-order valence-corrected chi connectivity index (χ2v) is 5.56. The number of benzene rings is 1. The fourth-order valence-corrected chi connectivity index (χ4v) is 3.37. The van der Waals surface area contributed by atoms with E-state index in [1.165, 1.54) is 32.1 Å². The van der Waals surface area contributed by atoms with Gasteiger partial charge in [-0.25, -0.2) is 0 Å². The molecule has 1 nitrogen and oxygen atoms in total. The van der Waals surface area contributed by atoms with E-state index in [2.05, 4.69) is 36.5 Å². The van der Waals surface area contributed by atoms with Crippen LogP contribution in [0.15, 0.2) is 24.3 Å². The Bertz CT molecular complexity index is 346. The summed E-state index contributed by atoms with van der Waals surface area (Å²) in [5.74, 6) is 0.878. The Kier molecular flexibility index (Phi) is 2.72. The zero-order valence-electron chi connectivity index (χ0n) is 10.1. The Labute approximate surface area is 98.3 Å². The molecule has 1 aromatic rings. The van der Waals surface area contributed by atoms with Gasteiger partial charge < -0.3 is 5.32 Å². The van der Waals surface area contributed by atoms with Gasteiger partial charge in [-0.2, -0.15) is 0 Å². The van der Waals surface area contributed by atoms with Crippen LogP contribution < -0.4 is 5.32 Å². The van der Waals surface area contributed by atoms with Crippen molar-refractivity contribution in [2.45, 2.75) is 51.1 Å². The minimum atomic E-state index is 0.697. The van der Waals surface area contributed by atoms with Crippen molar-refractivity contribution < 1.29 is 0 Å². The Balaban J connectivity index is 1.63. The summed E-state index contributed by atoms with van der Waals surface area (Å²) in [6, 6.07) is 10.4. The summed E-state index contributed by atoms with van der Waals surface area (Å²) in [5.41, 5.74) is 3.12. The Morgan fingerprint density at radius 2 is 1.75 bits per heavy atom. The SMILES string of the molecule is CC1CCCC1NC1Cc2ccccc2C1. The van der Waals surface area contributed by atoms with Crippen molar-refractivity contribution in [1.82, 2.24) is 5.32 Å². The molecule has 0 aliphatic heterocycles. The zero-order valence-corrected chi connectivity index (χ0v) is 10.1. The van der Waals surface area contributed by atoms with Gasteiger partial charge in [-0.3, -0.25) is 0 Å². The highest BCUT2D eigenvalue weighted by molar-refractivity contribution is 5.33. The smallest absolute Gasteiger partial charge is 0.0151 e. The number of hydrogen-bond acceptors (Lipinski definition) is 1. The van der Waals surface area contributed by atoms with E-state index in [0.29, 0.717) is 6.04 Å². The largest absolute Gasteiger partial charge is 0.310 e. The van der Waals surface area contributed by atoms with Gasteiger partial charge in [-0.1, -0.05) is 37.6 Å². The van der Waals surface area contributed by atoms with Gasteiger partial charge >= 0.3 is 0 Å². The molecule has 0 bridgehead atoms. The van der Waals surface area contributed by atoms with Crippen LogP contribution in [0.25, 0.3) is 0 Å². The van der Waals surface area contributed by atoms with E-state index < -0.39 is 0 Å². The monoisotopic (exact) mass is 215 g/mol. The van der Waals surface area contributed by atoms with Crippen LogP contribution in [0.3, 0.4) is 0 Å². The third kappa shape index (κ3) is 1.89. The van der Waals surface area contributed by atoms with Gasteiger partial charge in [-0.05, 0) is 42.7 Å². The second kappa shape index (κ2) is 4.21. The molecule has 2 atom stereocenters. The van der Waals surface area contributed by atoms with Gasteiger partial charge in [-0.15, -0.1) is 0 Å². The molecule has 0 heterocycles. The third-order valence-electron chi connectivity index (χ3n) is 4.36. The van der Waals surface area contributed by atoms with E-state index >= 15 is 0 Å². The van der Waals surface area contributed by atoms with Gasteiger partial charge in [0, 0.05) is 12.1 Å². The standard InChI is InChI=1S/C15H21N/c1-11-5-4-8-15(11)16-14-9-12-6-2-3-7-13(12)10-14/h2-3,6-7,11,14-16H,4-5,8-10H2,1H3. The van der Waals surface area contributed by atoms with Crippen molar-refractivity contribution in [3.05, 3.63) is 35.4 Å². The van der Waals surface area contributed by atoms with Crippen LogP contribution in [-0.4, -0.2) is 12.1 Å². The highest BCUT2D eigenvalue weighted by Crippen LogP contribution is 2.28. The first kappa shape index (κ1) is 10.3. The first-order valence-electron chi connectivity index (χ1n) is 6.66. The molecule has 2 aliphatic carbocycles. The predicted octanol–water partition coefficient (Wildman–Crippen LogP) is 2.93. The predicted molar refractivity (Wildman–Crippen MR) is 67.6 cm³/mol. The number of fused-ring (bicyclic) bond motifs is 1. The topological polar surface area (TPSA) is 12.0 Å². The van der Waals surface area contributed by atoms with E-state index in [0.717, 1.165) is 12.0 Å². The van der Waals surface area contributed by atoms with E-state index in [-0.39, 0.29) is 0 Å². The maximum absolute atomic E-state index is 3.87. The first-order valence-corrected chi connectivity index (χ1v) is 6.66. The van der Waals surface area contributed by atoms with Crippen molar-refractivity contribution in [3.8, 4) is 0 Å². The molecule has 0 spiro atoms. The quantitative estimate of drug-likeness (QED) is 0.800. The van der Waals surface area contributed by atoms with Crippen molar-refractivity contribution in [2.75, 3.05) is 0 Å². The Morgan fingerprint density at radius 1 is 1.06 bits per heavy atom. The molecular formula is C15H21N. The summed E-state index contributed by atoms with van der Waals surface area (Å²) < 4.78 is 0. The molecule has 1 saturated carbocycles. The molecule has 2 aliphatic rings. The number of nitrogens with one attached hydrogen (secondary N) is 1. The summed E-state index contributed by atoms with van der Waals surface area (Å²) >= 11 is 0. The zero-order chi connectivity index (χ0) is 11.0. The minimum Gasteiger partial charge on any atom is -0.310 e. The lowest BCUT2D eigenvalue weighted by Gasteiger charge is -2.22. The van der Waals surface area contributed by atoms with Gasteiger partial charge in [0.05, 0.1) is 0 Å². The van der Waals surface area contributed by atoms with Crippen molar-refractivity contribution in [3.63, 3.8) is 0 Å². The van der Waals surface area contributed by atoms with Crippen molar-refractivity contribution >= 4 is 0 Å². The number of hydrogen-bond donors (Lipinski definition) is 1. The van der Waals surface area contributed by atoms with E-state index in [9.17, 15) is 0 Å². The average Bonchev–Trinajstić information content (AvgIpc) is 2.85. The molecular weight excluding hydrogens is 194 g/mol. The van der Waals surface area contributed by atoms with Crippen LogP contribution in [0.4, 0.5) is 0 Å². The van der Waals surface area contributed by atoms with Gasteiger partial charge in [0.2, 0.25) is 0 Å². The average molecular weight is 215 g/mol. The molecule has 3 rings (SSSR count). The van der Waals surface area contributed by atoms with Crippen LogP contribution in [0.5, 0.6) is 0 Å². The summed E-state index contributed by atoms with van der Waals surface area (Å²) in [6.45, 7) is 2.40. The third-order valence-corrected chi connectivity index (χ3v) is 4.36. The number of rotatable bonds is 2. The lowest BCUT2D eigenvalue weighted by Crippen LogP contribution is -2.40. The maximum atomic E-state index is 3.87. The van der Waals surface area contributed by atoms with Gasteiger partial charge in [0.15, 0.2) is 0 Å². The molecule has 1 aromatic carbocycles. The van der Waals surface area contributed by atoms with Crippen molar-refractivity contribution in [2.24, 2.45) is 5.92 Å². The van der Waals surface area contributed by atoms with Crippen molar-refractivity contribution in [1.29, 1.82) is 0 Å². The summed E-state index contributed by atoms with van der Waals surface area (Å²) in [6.07, 6.45) is 6.68. The van der Waals surface area contributed by atoms with E-state index in [1.807, 2.05) is 0 Å². The van der Waals surface area contributed by atoms with Crippen LogP contribution in [0, 0.1) is 5.92 Å². The molecule has 1 fully saturated rings. The molecule has 86 valence electrons. The van der Waals surface area contributed by atoms with Crippen LogP contribution in [0.2, 0.25) is 0 Å². The lowest BCUT2D eigenvalue weighted by atomic mass is 10.0. The van der Waals surface area contributed by atoms with Gasteiger partial charge in [0.1, 0.15) is 0 Å². The van der Waals surface area contributed by atoms with Crippen LogP contribution in [-0.2, 0) is 12.8 Å². The maximum Gasteiger partial charge on any atom is 0.0151 e. The first-order chi connectivity index (χ1) is 7.83. The fraction of sp³-hybridized carbons (Fsp3) is 0.600. The molecule has 0 radical (unpaired) electrons. The Hall–Kier alpha value is -0.820. The van der Waals surface area contributed by atoms with Gasteiger partial charge in [0.25, 0.3) is 0 Å². The molecule has 16 heavy (non-hydrogen) atoms. The summed E-state index contributed by atoms with van der Waals surface area (Å²) in [4.78, 5) is 0. The molecule has 0 saturated heterocycles. The highest BCUT2D eigenvalue weighted by Gasteiger charge is 2.28.